The Morgan fingerprint density at radius 1 is 0.764 bits per heavy atom. The summed E-state index contributed by atoms with van der Waals surface area (Å²) in [5, 5.41) is 11.5. The fourth-order valence-corrected chi connectivity index (χ4v) is 8.35. The second-order valence-electron chi connectivity index (χ2n) is 14.8. The van der Waals surface area contributed by atoms with Crippen molar-refractivity contribution >= 4 is 22.7 Å². The minimum atomic E-state index is -0.449. The maximum atomic E-state index is 12.5. The molecule has 1 saturated heterocycles. The fraction of sp³-hybridized carbons (Fsp3) is 0.298. The monoisotopic (exact) mass is 732 g/mol. The van der Waals surface area contributed by atoms with Gasteiger partial charge < -0.3 is 14.8 Å². The molecule has 1 fully saturated rings. The number of aryl methyl sites for hydroxylation is 2. The Labute approximate surface area is 322 Å². The standard InChI is InChI=1S/C47H48N4O4/c1-51-46-40(45(50-51)41-26-27-43(52)49-47(41)53)14-9-15-42(46)55-31-33-18-16-32(17-19-33)30-48-28-7-8-29-54-37-23-20-36(21-24-37)44-38-13-6-5-12-35(38)22-25-39(44)34-10-3-2-4-11-34/h2-6,9-21,23-24,39,41,44,48H,7-8,22,25-31H2,1H3,(H,49,52,53). The van der Waals surface area contributed by atoms with E-state index in [4.69, 9.17) is 9.47 Å². The van der Waals surface area contributed by atoms with Crippen LogP contribution in [0, 0.1) is 0 Å². The highest BCUT2D eigenvalue weighted by Crippen LogP contribution is 2.46. The van der Waals surface area contributed by atoms with E-state index in [2.05, 4.69) is 119 Å². The molecule has 0 spiro atoms. The third-order valence-electron chi connectivity index (χ3n) is 11.2. The van der Waals surface area contributed by atoms with Crippen molar-refractivity contribution in [2.24, 2.45) is 7.05 Å². The van der Waals surface area contributed by atoms with Gasteiger partial charge in [0.2, 0.25) is 11.8 Å². The SMILES string of the molecule is Cn1nc(C2CCC(=O)NC2=O)c2cccc(OCc3ccc(CNCCCCOc4ccc(C5c6ccccc6CCC5c5ccccc5)cc4)cc3)c21. The third kappa shape index (κ3) is 8.20. The Morgan fingerprint density at radius 2 is 1.55 bits per heavy atom. The number of carbonyl (C=O) groups excluding carboxylic acids is 2. The van der Waals surface area contributed by atoms with Crippen LogP contribution in [0.1, 0.15) is 88.9 Å². The number of hydrogen-bond donors (Lipinski definition) is 2. The van der Waals surface area contributed by atoms with Gasteiger partial charge in [-0.1, -0.05) is 103 Å². The van der Waals surface area contributed by atoms with Gasteiger partial charge >= 0.3 is 0 Å². The molecule has 2 aliphatic rings. The van der Waals surface area contributed by atoms with Crippen LogP contribution in [0.25, 0.3) is 10.9 Å². The van der Waals surface area contributed by atoms with Crippen molar-refractivity contribution in [3.05, 3.63) is 160 Å². The van der Waals surface area contributed by atoms with Crippen LogP contribution in [-0.2, 0) is 36.2 Å². The lowest BCUT2D eigenvalue weighted by Gasteiger charge is -2.34. The van der Waals surface area contributed by atoms with Crippen LogP contribution in [0.3, 0.4) is 0 Å². The van der Waals surface area contributed by atoms with Crippen molar-refractivity contribution in [1.82, 2.24) is 20.4 Å². The minimum absolute atomic E-state index is 0.231. The largest absolute Gasteiger partial charge is 0.494 e. The van der Waals surface area contributed by atoms with Crippen LogP contribution in [0.2, 0.25) is 0 Å². The van der Waals surface area contributed by atoms with Gasteiger partial charge in [-0.15, -0.1) is 0 Å². The molecule has 2 N–H and O–H groups in total. The van der Waals surface area contributed by atoms with Crippen molar-refractivity contribution in [2.45, 2.75) is 69.4 Å². The van der Waals surface area contributed by atoms with Gasteiger partial charge in [0, 0.05) is 31.3 Å². The van der Waals surface area contributed by atoms with Gasteiger partial charge in [0.25, 0.3) is 0 Å². The van der Waals surface area contributed by atoms with E-state index in [9.17, 15) is 9.59 Å². The van der Waals surface area contributed by atoms with E-state index in [-0.39, 0.29) is 11.8 Å². The Bertz CT molecular complexity index is 2250. The Hall–Kier alpha value is -5.73. The summed E-state index contributed by atoms with van der Waals surface area (Å²) < 4.78 is 14.2. The van der Waals surface area contributed by atoms with Crippen molar-refractivity contribution in [2.75, 3.05) is 13.2 Å². The number of benzene rings is 5. The van der Waals surface area contributed by atoms with Crippen LogP contribution < -0.4 is 20.1 Å². The van der Waals surface area contributed by atoms with E-state index >= 15 is 0 Å². The summed E-state index contributed by atoms with van der Waals surface area (Å²) in [7, 11) is 1.86. The average molecular weight is 733 g/mol. The van der Waals surface area contributed by atoms with Crippen LogP contribution >= 0.6 is 0 Å². The number of imide groups is 1. The molecule has 5 aromatic carbocycles. The quantitative estimate of drug-likeness (QED) is 0.0862. The predicted molar refractivity (Wildman–Crippen MR) is 215 cm³/mol. The summed E-state index contributed by atoms with van der Waals surface area (Å²) >= 11 is 0. The predicted octanol–water partition coefficient (Wildman–Crippen LogP) is 8.48. The van der Waals surface area contributed by atoms with Crippen molar-refractivity contribution in [1.29, 1.82) is 0 Å². The first-order valence-corrected chi connectivity index (χ1v) is 19.6. The second kappa shape index (κ2) is 16.7. The molecule has 6 aromatic rings. The maximum Gasteiger partial charge on any atom is 0.235 e. The van der Waals surface area contributed by atoms with E-state index in [1.807, 2.05) is 25.2 Å². The van der Waals surface area contributed by atoms with Gasteiger partial charge in [-0.25, -0.2) is 0 Å². The first kappa shape index (κ1) is 36.3. The van der Waals surface area contributed by atoms with Gasteiger partial charge in [-0.3, -0.25) is 19.6 Å². The number of aromatic nitrogens is 2. The minimum Gasteiger partial charge on any atom is -0.494 e. The van der Waals surface area contributed by atoms with Crippen LogP contribution in [0.4, 0.5) is 0 Å². The molecule has 3 unspecified atom stereocenters. The number of rotatable bonds is 14. The second-order valence-corrected chi connectivity index (χ2v) is 14.8. The number of ether oxygens (including phenoxy) is 2. The first-order valence-electron chi connectivity index (χ1n) is 19.6. The summed E-state index contributed by atoms with van der Waals surface area (Å²) in [6, 6.07) is 43.0. The molecule has 0 radical (unpaired) electrons. The lowest BCUT2D eigenvalue weighted by atomic mass is 9.69. The number of hydrogen-bond acceptors (Lipinski definition) is 6. The molecule has 1 aliphatic heterocycles. The molecule has 55 heavy (non-hydrogen) atoms. The normalized spacial score (nSPS) is 18.2. The lowest BCUT2D eigenvalue weighted by Crippen LogP contribution is -2.39. The van der Waals surface area contributed by atoms with E-state index in [1.165, 1.54) is 27.8 Å². The molecule has 1 aromatic heterocycles. The molecule has 0 bridgehead atoms. The number of carbonyl (C=O) groups is 2. The molecule has 1 aliphatic carbocycles. The number of nitrogens with zero attached hydrogens (tertiary/aromatic N) is 2. The number of para-hydroxylation sites is 1. The van der Waals surface area contributed by atoms with Gasteiger partial charge in [0.15, 0.2) is 0 Å². The molecule has 0 saturated carbocycles. The Balaban J connectivity index is 0.775. The van der Waals surface area contributed by atoms with E-state index in [0.29, 0.717) is 49.3 Å². The van der Waals surface area contributed by atoms with Crippen molar-refractivity contribution < 1.29 is 19.1 Å². The van der Waals surface area contributed by atoms with Crippen LogP contribution in [0.5, 0.6) is 11.5 Å². The summed E-state index contributed by atoms with van der Waals surface area (Å²) in [6.45, 7) is 2.83. The number of nitrogens with one attached hydrogen (secondary N) is 2. The number of piperidine rings is 1. The first-order chi connectivity index (χ1) is 27.0. The molecular weight excluding hydrogens is 685 g/mol. The summed E-state index contributed by atoms with van der Waals surface area (Å²) in [5.74, 6) is 1.47. The van der Waals surface area contributed by atoms with Crippen LogP contribution in [-0.4, -0.2) is 34.7 Å². The summed E-state index contributed by atoms with van der Waals surface area (Å²) in [4.78, 5) is 24.2. The Morgan fingerprint density at radius 3 is 2.36 bits per heavy atom. The highest BCUT2D eigenvalue weighted by molar-refractivity contribution is 6.03. The highest BCUT2D eigenvalue weighted by atomic mass is 16.5. The Kier molecular flexibility index (Phi) is 11.0. The zero-order valence-electron chi connectivity index (χ0n) is 31.4. The third-order valence-corrected chi connectivity index (χ3v) is 11.2. The molecule has 2 heterocycles. The van der Waals surface area contributed by atoms with Crippen molar-refractivity contribution in [3.8, 4) is 11.5 Å². The smallest absolute Gasteiger partial charge is 0.235 e. The molecule has 8 nitrogen and oxygen atoms in total. The highest BCUT2D eigenvalue weighted by Gasteiger charge is 2.33. The van der Waals surface area contributed by atoms with Gasteiger partial charge in [-0.05, 0) is 96.1 Å². The maximum absolute atomic E-state index is 12.5. The number of fused-ring (bicyclic) bond motifs is 2. The van der Waals surface area contributed by atoms with E-state index in [1.54, 1.807) is 4.68 Å². The topological polar surface area (TPSA) is 94.5 Å². The summed E-state index contributed by atoms with van der Waals surface area (Å²) in [6.07, 6.45) is 5.06. The zero-order chi connectivity index (χ0) is 37.6. The van der Waals surface area contributed by atoms with E-state index in [0.717, 1.165) is 61.0 Å². The fourth-order valence-electron chi connectivity index (χ4n) is 8.35. The molecule has 8 rings (SSSR count). The summed E-state index contributed by atoms with van der Waals surface area (Å²) in [5.41, 5.74) is 9.49. The molecule has 3 atom stereocenters. The molecular formula is C47H48N4O4. The van der Waals surface area contributed by atoms with Gasteiger partial charge in [0.05, 0.1) is 18.2 Å². The average Bonchev–Trinajstić information content (AvgIpc) is 3.56. The molecule has 2 amide bonds. The lowest BCUT2D eigenvalue weighted by molar-refractivity contribution is -0.134. The zero-order valence-corrected chi connectivity index (χ0v) is 31.4. The van der Waals surface area contributed by atoms with Gasteiger partial charge in [-0.2, -0.15) is 5.10 Å². The van der Waals surface area contributed by atoms with Gasteiger partial charge in [0.1, 0.15) is 23.6 Å². The molecule has 8 heteroatoms. The van der Waals surface area contributed by atoms with Crippen molar-refractivity contribution in [3.63, 3.8) is 0 Å². The molecule has 280 valence electrons. The number of amides is 2. The van der Waals surface area contributed by atoms with E-state index < -0.39 is 5.92 Å². The number of unbranched alkanes of at least 4 members (excludes halogenated alkanes) is 1. The van der Waals surface area contributed by atoms with Crippen LogP contribution in [0.15, 0.2) is 121 Å².